The van der Waals surface area contributed by atoms with E-state index in [1.165, 1.54) is 6.92 Å². The van der Waals surface area contributed by atoms with Crippen LogP contribution < -0.4 is 10.2 Å². The van der Waals surface area contributed by atoms with Gasteiger partial charge in [0.15, 0.2) is 0 Å². The molecule has 4 rings (SSSR count). The van der Waals surface area contributed by atoms with E-state index in [1.54, 1.807) is 35.2 Å². The first-order chi connectivity index (χ1) is 11.4. The normalized spacial score (nSPS) is 33.0. The number of benzene rings is 1. The number of hydrogen-bond acceptors (Lipinski definition) is 4. The number of hydrogen-bond donors (Lipinski definition) is 2. The van der Waals surface area contributed by atoms with E-state index in [2.05, 4.69) is 5.32 Å². The minimum absolute atomic E-state index is 0.173. The zero-order valence-corrected chi connectivity index (χ0v) is 12.9. The summed E-state index contributed by atoms with van der Waals surface area (Å²) in [6.45, 7) is 1.72. The van der Waals surface area contributed by atoms with Gasteiger partial charge in [0.2, 0.25) is 11.8 Å². The number of anilines is 2. The van der Waals surface area contributed by atoms with E-state index in [0.29, 0.717) is 17.9 Å². The van der Waals surface area contributed by atoms with Gasteiger partial charge in [-0.15, -0.1) is 0 Å². The molecule has 4 atom stereocenters. The van der Waals surface area contributed by atoms with Crippen molar-refractivity contribution in [2.75, 3.05) is 16.8 Å². The van der Waals surface area contributed by atoms with Gasteiger partial charge < -0.3 is 20.1 Å². The molecule has 3 aliphatic heterocycles. The summed E-state index contributed by atoms with van der Waals surface area (Å²) in [6.07, 6.45) is 3.04. The molecular weight excluding hydrogens is 312 g/mol. The molecule has 2 saturated heterocycles. The molecule has 24 heavy (non-hydrogen) atoms. The van der Waals surface area contributed by atoms with E-state index in [9.17, 15) is 19.5 Å². The lowest BCUT2D eigenvalue weighted by atomic mass is 9.77. The maximum Gasteiger partial charge on any atom is 0.310 e. The second-order valence-electron chi connectivity index (χ2n) is 6.39. The molecule has 0 saturated carbocycles. The number of amides is 2. The van der Waals surface area contributed by atoms with Crippen LogP contribution in [-0.2, 0) is 19.1 Å². The summed E-state index contributed by atoms with van der Waals surface area (Å²) in [7, 11) is 0. The molecule has 7 heteroatoms. The number of carbonyl (C=O) groups excluding carboxylic acids is 2. The van der Waals surface area contributed by atoms with Crippen molar-refractivity contribution in [2.24, 2.45) is 11.8 Å². The number of carbonyl (C=O) groups is 3. The van der Waals surface area contributed by atoms with Gasteiger partial charge in [0.1, 0.15) is 11.5 Å². The summed E-state index contributed by atoms with van der Waals surface area (Å²) in [5.41, 5.74) is 0.445. The maximum atomic E-state index is 12.8. The minimum Gasteiger partial charge on any atom is -0.481 e. The molecule has 1 aromatic carbocycles. The lowest BCUT2D eigenvalue weighted by molar-refractivity contribution is -0.146. The monoisotopic (exact) mass is 328 g/mol. The number of nitrogens with one attached hydrogen (secondary N) is 1. The zero-order valence-electron chi connectivity index (χ0n) is 12.9. The first-order valence-electron chi connectivity index (χ1n) is 7.70. The van der Waals surface area contributed by atoms with Crippen molar-refractivity contribution < 1.29 is 24.2 Å². The van der Waals surface area contributed by atoms with Crippen LogP contribution in [0.15, 0.2) is 36.4 Å². The standard InChI is InChI=1S/C17H16N2O5/c1-9(20)18-10-2-4-11(5-3-10)19-8-17-7-6-12(24-17)13(16(22)23)14(17)15(19)21/h2-7,12-14H,8H2,1H3,(H,18,20)(H,22,23)/t12-,13-,14+,17+/m1/s1. The number of nitrogens with zero attached hydrogens (tertiary/aromatic N) is 1. The summed E-state index contributed by atoms with van der Waals surface area (Å²) in [4.78, 5) is 37.0. The molecule has 0 aromatic heterocycles. The fourth-order valence-corrected chi connectivity index (χ4v) is 3.93. The van der Waals surface area contributed by atoms with Gasteiger partial charge in [-0.3, -0.25) is 14.4 Å². The molecule has 3 aliphatic rings. The van der Waals surface area contributed by atoms with Crippen molar-refractivity contribution in [3.8, 4) is 0 Å². The Morgan fingerprint density at radius 3 is 2.67 bits per heavy atom. The summed E-state index contributed by atoms with van der Waals surface area (Å²) in [5.74, 6) is -2.95. The SMILES string of the molecule is CC(=O)Nc1ccc(N2C[C@]34C=C[C@@H](O3)[C@@H](C(=O)O)[C@H]4C2=O)cc1. The molecular formula is C17H16N2O5. The fourth-order valence-electron chi connectivity index (χ4n) is 3.93. The van der Waals surface area contributed by atoms with Gasteiger partial charge >= 0.3 is 5.97 Å². The molecule has 0 radical (unpaired) electrons. The number of rotatable bonds is 3. The third kappa shape index (κ3) is 1.98. The highest BCUT2D eigenvalue weighted by atomic mass is 16.5. The number of aliphatic carboxylic acids is 1. The van der Waals surface area contributed by atoms with Gasteiger partial charge in [0, 0.05) is 18.3 Å². The number of fused-ring (bicyclic) bond motifs is 1. The Morgan fingerprint density at radius 2 is 2.04 bits per heavy atom. The van der Waals surface area contributed by atoms with Crippen molar-refractivity contribution >= 4 is 29.2 Å². The number of carboxylic acid groups (broad SMARTS) is 1. The summed E-state index contributed by atoms with van der Waals surface area (Å²) in [6, 6.07) is 6.87. The highest BCUT2D eigenvalue weighted by Crippen LogP contribution is 2.52. The Kier molecular flexibility index (Phi) is 3.05. The van der Waals surface area contributed by atoms with Crippen molar-refractivity contribution in [1.29, 1.82) is 0 Å². The van der Waals surface area contributed by atoms with Crippen LogP contribution in [0.5, 0.6) is 0 Å². The molecule has 1 aromatic rings. The van der Waals surface area contributed by atoms with Gasteiger partial charge in [-0.25, -0.2) is 0 Å². The second kappa shape index (κ2) is 4.91. The molecule has 3 heterocycles. The highest BCUT2D eigenvalue weighted by Gasteiger charge is 2.67. The van der Waals surface area contributed by atoms with E-state index in [4.69, 9.17) is 4.74 Å². The van der Waals surface area contributed by atoms with E-state index >= 15 is 0 Å². The van der Waals surface area contributed by atoms with E-state index in [1.807, 2.05) is 6.08 Å². The van der Waals surface area contributed by atoms with E-state index in [0.717, 1.165) is 0 Å². The van der Waals surface area contributed by atoms with E-state index in [-0.39, 0.29) is 11.8 Å². The molecule has 0 unspecified atom stereocenters. The number of ether oxygens (including phenoxy) is 1. The van der Waals surface area contributed by atoms with Crippen LogP contribution in [0, 0.1) is 11.8 Å². The van der Waals surface area contributed by atoms with Crippen LogP contribution >= 0.6 is 0 Å². The van der Waals surface area contributed by atoms with Gasteiger partial charge in [-0.1, -0.05) is 12.2 Å². The molecule has 2 amide bonds. The summed E-state index contributed by atoms with van der Waals surface area (Å²) < 4.78 is 5.84. The first kappa shape index (κ1) is 14.9. The smallest absolute Gasteiger partial charge is 0.310 e. The minimum atomic E-state index is -1.01. The van der Waals surface area contributed by atoms with Crippen molar-refractivity contribution in [3.63, 3.8) is 0 Å². The third-order valence-corrected chi connectivity index (χ3v) is 4.88. The predicted octanol–water partition coefficient (Wildman–Crippen LogP) is 1.02. The quantitative estimate of drug-likeness (QED) is 0.808. The largest absolute Gasteiger partial charge is 0.481 e. The predicted molar refractivity (Wildman–Crippen MR) is 84.5 cm³/mol. The van der Waals surface area contributed by atoms with Crippen LogP contribution in [0.2, 0.25) is 0 Å². The number of carboxylic acids is 1. The van der Waals surface area contributed by atoms with Crippen LogP contribution in [0.4, 0.5) is 11.4 Å². The van der Waals surface area contributed by atoms with Crippen LogP contribution in [0.25, 0.3) is 0 Å². The highest BCUT2D eigenvalue weighted by molar-refractivity contribution is 6.02. The molecule has 2 bridgehead atoms. The van der Waals surface area contributed by atoms with Gasteiger partial charge in [0.25, 0.3) is 0 Å². The Bertz CT molecular complexity index is 772. The molecule has 1 spiro atoms. The van der Waals surface area contributed by atoms with Gasteiger partial charge in [0.05, 0.1) is 18.6 Å². The Balaban J connectivity index is 1.63. The Hall–Kier alpha value is -2.67. The van der Waals surface area contributed by atoms with Crippen LogP contribution in [0.3, 0.4) is 0 Å². The van der Waals surface area contributed by atoms with Crippen molar-refractivity contribution in [1.82, 2.24) is 0 Å². The molecule has 124 valence electrons. The van der Waals surface area contributed by atoms with Gasteiger partial charge in [-0.05, 0) is 24.3 Å². The molecule has 0 aliphatic carbocycles. The third-order valence-electron chi connectivity index (χ3n) is 4.88. The topological polar surface area (TPSA) is 95.9 Å². The lowest BCUT2D eigenvalue weighted by Crippen LogP contribution is -2.39. The average molecular weight is 328 g/mol. The Morgan fingerprint density at radius 1 is 1.33 bits per heavy atom. The summed E-state index contributed by atoms with van der Waals surface area (Å²) >= 11 is 0. The second-order valence-corrected chi connectivity index (χ2v) is 6.39. The first-order valence-corrected chi connectivity index (χ1v) is 7.70. The molecule has 7 nitrogen and oxygen atoms in total. The maximum absolute atomic E-state index is 12.8. The zero-order chi connectivity index (χ0) is 17.1. The Labute approximate surface area is 137 Å². The van der Waals surface area contributed by atoms with Crippen molar-refractivity contribution in [3.05, 3.63) is 36.4 Å². The van der Waals surface area contributed by atoms with Crippen LogP contribution in [-0.4, -0.2) is 41.1 Å². The van der Waals surface area contributed by atoms with Crippen LogP contribution in [0.1, 0.15) is 6.92 Å². The molecule has 2 fully saturated rings. The summed E-state index contributed by atoms with van der Waals surface area (Å²) in [5, 5.41) is 12.1. The average Bonchev–Trinajstić information content (AvgIpc) is 3.16. The molecule has 2 N–H and O–H groups in total. The lowest BCUT2D eigenvalue weighted by Gasteiger charge is -2.21. The van der Waals surface area contributed by atoms with Gasteiger partial charge in [-0.2, -0.15) is 0 Å². The fraction of sp³-hybridized carbons (Fsp3) is 0.353. The van der Waals surface area contributed by atoms with Crippen molar-refractivity contribution in [2.45, 2.75) is 18.6 Å². The van der Waals surface area contributed by atoms with E-state index < -0.39 is 29.5 Å².